The Morgan fingerprint density at radius 3 is 2.42 bits per heavy atom. The van der Waals surface area contributed by atoms with E-state index in [4.69, 9.17) is 32.9 Å². The number of carbonyl (C=O) groups excluding carboxylic acids is 2. The normalized spacial score (nSPS) is 14.6. The van der Waals surface area contributed by atoms with Crippen molar-refractivity contribution in [2.75, 3.05) is 19.1 Å². The van der Waals surface area contributed by atoms with E-state index in [-0.39, 0.29) is 34.8 Å². The van der Waals surface area contributed by atoms with Crippen LogP contribution in [0.5, 0.6) is 5.88 Å². The molecule has 0 saturated carbocycles. The highest BCUT2D eigenvalue weighted by molar-refractivity contribution is 6.31. The maximum absolute atomic E-state index is 14.1. The van der Waals surface area contributed by atoms with Crippen LogP contribution in [0.3, 0.4) is 0 Å². The lowest BCUT2D eigenvalue weighted by molar-refractivity contribution is 0.0960. The van der Waals surface area contributed by atoms with Gasteiger partial charge in [-0.2, -0.15) is 0 Å². The van der Waals surface area contributed by atoms with Gasteiger partial charge in [-0.05, 0) is 43.7 Å². The zero-order valence-electron chi connectivity index (χ0n) is 22.4. The molecule has 3 aromatic heterocycles. The van der Waals surface area contributed by atoms with Gasteiger partial charge in [0.25, 0.3) is 17.4 Å². The highest BCUT2D eigenvalue weighted by Crippen LogP contribution is 2.45. The number of imidazole rings is 1. The second-order valence-electron chi connectivity index (χ2n) is 9.58. The number of carbonyl (C=O) groups is 2. The monoisotopic (exact) mass is 580 g/mol. The van der Waals surface area contributed by atoms with Crippen LogP contribution in [-0.4, -0.2) is 45.1 Å². The quantitative estimate of drug-likeness (QED) is 0.355. The largest absolute Gasteiger partial charge is 0.480 e. The first kappa shape index (κ1) is 27.4. The average Bonchev–Trinajstić information content (AvgIpc) is 3.45. The number of nitrogens with zero attached hydrogens (tertiary/aromatic N) is 5. The zero-order valence-corrected chi connectivity index (χ0v) is 23.9. The topological polar surface area (TPSA) is 111 Å². The number of aryl methyl sites for hydroxylation is 1. The number of hydrogen-bond donors (Lipinski definition) is 1. The van der Waals surface area contributed by atoms with Crippen LogP contribution in [0.25, 0.3) is 11.4 Å². The number of methoxy groups -OCH3 is 1. The molecular formula is C28H26Cl2N6O4. The first-order chi connectivity index (χ1) is 19.1. The molecule has 12 heteroatoms. The lowest BCUT2D eigenvalue weighted by Crippen LogP contribution is -2.36. The molecule has 0 saturated heterocycles. The van der Waals surface area contributed by atoms with Gasteiger partial charge in [-0.15, -0.1) is 0 Å². The predicted octanol–water partition coefficient (Wildman–Crippen LogP) is 4.65. The van der Waals surface area contributed by atoms with Gasteiger partial charge in [0, 0.05) is 37.6 Å². The maximum atomic E-state index is 14.1. The van der Waals surface area contributed by atoms with Crippen molar-refractivity contribution >= 4 is 40.7 Å². The Balaban J connectivity index is 1.82. The maximum Gasteiger partial charge on any atom is 0.279 e. The van der Waals surface area contributed by atoms with Crippen molar-refractivity contribution in [3.63, 3.8) is 0 Å². The van der Waals surface area contributed by atoms with Crippen molar-refractivity contribution in [3.05, 3.63) is 91.7 Å². The molecular weight excluding hydrogens is 555 g/mol. The van der Waals surface area contributed by atoms with Gasteiger partial charge < -0.3 is 19.2 Å². The van der Waals surface area contributed by atoms with E-state index < -0.39 is 11.9 Å². The fourth-order valence-electron chi connectivity index (χ4n) is 5.00. The molecule has 0 aliphatic carbocycles. The molecule has 0 unspecified atom stereocenters. The van der Waals surface area contributed by atoms with E-state index >= 15 is 0 Å². The number of pyridine rings is 2. The molecule has 1 aliphatic heterocycles. The number of benzene rings is 1. The zero-order chi connectivity index (χ0) is 28.9. The predicted molar refractivity (Wildman–Crippen MR) is 153 cm³/mol. The van der Waals surface area contributed by atoms with Crippen LogP contribution in [0, 0.1) is 0 Å². The van der Waals surface area contributed by atoms with E-state index in [1.54, 1.807) is 25.2 Å². The number of fused-ring (bicyclic) bond motifs is 1. The van der Waals surface area contributed by atoms with Crippen LogP contribution in [0.1, 0.15) is 58.0 Å². The Morgan fingerprint density at radius 2 is 1.80 bits per heavy atom. The van der Waals surface area contributed by atoms with Crippen molar-refractivity contribution in [1.29, 1.82) is 0 Å². The van der Waals surface area contributed by atoms with Gasteiger partial charge in [0.05, 0.1) is 29.0 Å². The molecule has 10 nitrogen and oxygen atoms in total. The first-order valence-corrected chi connectivity index (χ1v) is 13.2. The summed E-state index contributed by atoms with van der Waals surface area (Å²) in [6.45, 7) is 3.91. The lowest BCUT2D eigenvalue weighted by atomic mass is 10.0. The summed E-state index contributed by atoms with van der Waals surface area (Å²) in [7, 11) is 4.58. The molecule has 1 aromatic carbocycles. The van der Waals surface area contributed by atoms with Gasteiger partial charge in [0.1, 0.15) is 17.6 Å². The third kappa shape index (κ3) is 4.43. The summed E-state index contributed by atoms with van der Waals surface area (Å²) >= 11 is 12.5. The minimum Gasteiger partial charge on any atom is -0.480 e. The van der Waals surface area contributed by atoms with E-state index in [0.717, 1.165) is 5.56 Å². The minimum absolute atomic E-state index is 0.121. The van der Waals surface area contributed by atoms with Crippen LogP contribution in [0.2, 0.25) is 10.0 Å². The van der Waals surface area contributed by atoms with Gasteiger partial charge >= 0.3 is 0 Å². The number of amides is 2. The standard InChI is InChI=1S/C28H26Cl2N6O4/c1-14(2)35-23-21(33-24(35)19-10-16(25(37)31-3)12-32-26(19)40-5)28(39)36(20-11-18(30)13-34(4)27(20)38)22(23)15-6-8-17(29)9-7-15/h6-14,22H,1-5H3,(H,31,37)/t22-/m0/s1. The van der Waals surface area contributed by atoms with Crippen LogP contribution in [0.15, 0.2) is 53.6 Å². The smallest absolute Gasteiger partial charge is 0.279 e. The molecule has 0 bridgehead atoms. The summed E-state index contributed by atoms with van der Waals surface area (Å²) in [5, 5.41) is 3.42. The fraction of sp³-hybridized carbons (Fsp3) is 0.250. The van der Waals surface area contributed by atoms with Gasteiger partial charge in [-0.3, -0.25) is 19.3 Å². The third-order valence-electron chi connectivity index (χ3n) is 6.75. The molecule has 2 amide bonds. The Labute approximate surface area is 240 Å². The molecule has 0 spiro atoms. The number of ether oxygens (including phenoxy) is 1. The first-order valence-electron chi connectivity index (χ1n) is 12.4. The molecule has 1 aliphatic rings. The number of nitrogens with one attached hydrogen (secondary N) is 1. The average molecular weight is 581 g/mol. The highest BCUT2D eigenvalue weighted by atomic mass is 35.5. The van der Waals surface area contributed by atoms with Crippen LogP contribution in [0.4, 0.5) is 5.69 Å². The lowest BCUT2D eigenvalue weighted by Gasteiger charge is -2.28. The van der Waals surface area contributed by atoms with Crippen LogP contribution >= 0.6 is 23.2 Å². The highest BCUT2D eigenvalue weighted by Gasteiger charge is 2.46. The summed E-state index contributed by atoms with van der Waals surface area (Å²) in [6.07, 6.45) is 2.90. The van der Waals surface area contributed by atoms with Gasteiger partial charge in [-0.25, -0.2) is 9.97 Å². The third-order valence-corrected chi connectivity index (χ3v) is 7.21. The van der Waals surface area contributed by atoms with E-state index in [1.165, 1.54) is 42.1 Å². The molecule has 1 atom stereocenters. The summed E-state index contributed by atoms with van der Waals surface area (Å²) in [5.41, 5.74) is 1.94. The van der Waals surface area contributed by atoms with Crippen molar-refractivity contribution in [3.8, 4) is 17.3 Å². The molecule has 0 radical (unpaired) electrons. The van der Waals surface area contributed by atoms with E-state index in [1.807, 2.05) is 30.5 Å². The number of anilines is 1. The summed E-state index contributed by atoms with van der Waals surface area (Å²) in [6, 6.07) is 9.27. The van der Waals surface area contributed by atoms with Crippen molar-refractivity contribution in [2.24, 2.45) is 7.05 Å². The number of hydrogen-bond acceptors (Lipinski definition) is 6. The minimum atomic E-state index is -0.726. The van der Waals surface area contributed by atoms with Crippen molar-refractivity contribution in [2.45, 2.75) is 25.9 Å². The Kier molecular flexibility index (Phi) is 7.16. The molecule has 1 N–H and O–H groups in total. The van der Waals surface area contributed by atoms with E-state index in [2.05, 4.69) is 10.3 Å². The Morgan fingerprint density at radius 1 is 1.10 bits per heavy atom. The number of rotatable bonds is 6. The number of aromatic nitrogens is 4. The second-order valence-corrected chi connectivity index (χ2v) is 10.5. The van der Waals surface area contributed by atoms with Gasteiger partial charge in [0.2, 0.25) is 5.88 Å². The second kappa shape index (κ2) is 10.4. The molecule has 4 heterocycles. The van der Waals surface area contributed by atoms with E-state index in [0.29, 0.717) is 32.7 Å². The number of halogens is 2. The molecule has 5 rings (SSSR count). The summed E-state index contributed by atoms with van der Waals surface area (Å²) in [5.74, 6) is -0.149. The van der Waals surface area contributed by atoms with Gasteiger partial charge in [-0.1, -0.05) is 35.3 Å². The Bertz CT molecular complexity index is 1710. The van der Waals surface area contributed by atoms with Crippen molar-refractivity contribution in [1.82, 2.24) is 24.4 Å². The summed E-state index contributed by atoms with van der Waals surface area (Å²) < 4.78 is 8.77. The molecule has 0 fully saturated rings. The van der Waals surface area contributed by atoms with Crippen molar-refractivity contribution < 1.29 is 14.3 Å². The van der Waals surface area contributed by atoms with Crippen LogP contribution in [-0.2, 0) is 7.05 Å². The summed E-state index contributed by atoms with van der Waals surface area (Å²) in [4.78, 5) is 50.4. The SMILES string of the molecule is CNC(=O)c1cnc(OC)c(-c2nc3c(n2C(C)C)[C@H](c2ccc(Cl)cc2)N(c2cc(Cl)cn(C)c2=O)C3=O)c1. The van der Waals surface area contributed by atoms with Crippen LogP contribution < -0.4 is 20.5 Å². The van der Waals surface area contributed by atoms with E-state index in [9.17, 15) is 14.4 Å². The molecule has 40 heavy (non-hydrogen) atoms. The fourth-order valence-corrected chi connectivity index (χ4v) is 5.38. The molecule has 4 aromatic rings. The molecule has 206 valence electrons. The Hall–Kier alpha value is -4.15. The van der Waals surface area contributed by atoms with Gasteiger partial charge in [0.15, 0.2) is 5.69 Å².